The Bertz CT molecular complexity index is 999. The van der Waals surface area contributed by atoms with E-state index < -0.39 is 0 Å². The molecule has 0 spiro atoms. The highest BCUT2D eigenvalue weighted by Gasteiger charge is 2.09. The monoisotopic (exact) mass is 364 g/mol. The molecule has 0 saturated carbocycles. The largest absolute Gasteiger partial charge is 0.370 e. The topological polar surface area (TPSA) is 116 Å². The Labute approximate surface area is 156 Å². The van der Waals surface area contributed by atoms with Gasteiger partial charge in [0.15, 0.2) is 5.96 Å². The maximum atomic E-state index is 5.70. The minimum Gasteiger partial charge on any atom is -0.370 e. The molecule has 2 aromatic carbocycles. The van der Waals surface area contributed by atoms with Crippen molar-refractivity contribution in [3.63, 3.8) is 0 Å². The summed E-state index contributed by atoms with van der Waals surface area (Å²) < 4.78 is 0. The van der Waals surface area contributed by atoms with Crippen LogP contribution in [0.2, 0.25) is 0 Å². The van der Waals surface area contributed by atoms with Crippen LogP contribution in [0.3, 0.4) is 0 Å². The molecule has 0 fully saturated rings. The Balaban J connectivity index is 1.94. The number of rotatable bonds is 3. The zero-order chi connectivity index (χ0) is 18.7. The lowest BCUT2D eigenvalue weighted by Gasteiger charge is -2.04. The van der Waals surface area contributed by atoms with E-state index in [9.17, 15) is 0 Å². The summed E-state index contributed by atoms with van der Waals surface area (Å²) in [6.45, 7) is 4.17. The lowest BCUT2D eigenvalue weighted by molar-refractivity contribution is 1.34. The molecule has 0 radical (unpaired) electrons. The maximum absolute atomic E-state index is 5.70. The van der Waals surface area contributed by atoms with E-state index in [0.29, 0.717) is 5.69 Å². The van der Waals surface area contributed by atoms with Crippen LogP contribution in [-0.2, 0) is 0 Å². The van der Waals surface area contributed by atoms with Crippen LogP contribution in [0.15, 0.2) is 57.8 Å². The molecule has 0 atom stereocenters. The van der Waals surface area contributed by atoms with E-state index >= 15 is 0 Å². The lowest BCUT2D eigenvalue weighted by atomic mass is 10.0. The number of benzene rings is 2. The predicted molar refractivity (Wildman–Crippen MR) is 110 cm³/mol. The Morgan fingerprint density at radius 3 is 2.62 bits per heavy atom. The van der Waals surface area contributed by atoms with Gasteiger partial charge < -0.3 is 17.2 Å². The summed E-state index contributed by atoms with van der Waals surface area (Å²) in [4.78, 5) is 12.7. The van der Waals surface area contributed by atoms with Gasteiger partial charge >= 0.3 is 0 Å². The van der Waals surface area contributed by atoms with E-state index in [1.54, 1.807) is 11.3 Å². The van der Waals surface area contributed by atoms with Gasteiger partial charge in [0.1, 0.15) is 5.01 Å². The minimum absolute atomic E-state index is 0.0114. The molecule has 1 aromatic heterocycles. The van der Waals surface area contributed by atoms with Crippen molar-refractivity contribution >= 4 is 28.9 Å². The summed E-state index contributed by atoms with van der Waals surface area (Å²) in [6.07, 6.45) is 0. The number of aryl methyl sites for hydroxylation is 2. The highest BCUT2D eigenvalue weighted by atomic mass is 32.1. The van der Waals surface area contributed by atoms with Gasteiger partial charge in [0.25, 0.3) is 0 Å². The quantitative estimate of drug-likeness (QED) is 0.488. The summed E-state index contributed by atoms with van der Waals surface area (Å²) in [5.41, 5.74) is 22.5. The number of hydrogen-bond donors (Lipinski definition) is 3. The molecule has 0 unspecified atom stereocenters. The van der Waals surface area contributed by atoms with E-state index in [-0.39, 0.29) is 11.9 Å². The molecule has 7 heteroatoms. The molecular formula is C19H20N6S. The molecule has 0 aliphatic heterocycles. The molecule has 6 nitrogen and oxygen atoms in total. The van der Waals surface area contributed by atoms with Crippen LogP contribution in [0.25, 0.3) is 21.8 Å². The van der Waals surface area contributed by atoms with Crippen molar-refractivity contribution in [1.82, 2.24) is 4.98 Å². The second-order valence-corrected chi connectivity index (χ2v) is 6.77. The van der Waals surface area contributed by atoms with E-state index in [4.69, 9.17) is 22.2 Å². The summed E-state index contributed by atoms with van der Waals surface area (Å²) in [6, 6.07) is 14.0. The third-order valence-electron chi connectivity index (χ3n) is 3.75. The number of aliphatic imine (C=N–C) groups is 2. The van der Waals surface area contributed by atoms with Crippen LogP contribution >= 0.6 is 11.3 Å². The number of nitrogens with two attached hydrogens (primary N) is 3. The van der Waals surface area contributed by atoms with Crippen LogP contribution < -0.4 is 17.2 Å². The van der Waals surface area contributed by atoms with Crippen molar-refractivity contribution in [3.05, 3.63) is 59.0 Å². The smallest absolute Gasteiger partial charge is 0.223 e. The Hall–Kier alpha value is -3.19. The van der Waals surface area contributed by atoms with Gasteiger partial charge in [-0.3, -0.25) is 0 Å². The molecular weight excluding hydrogens is 344 g/mol. The molecule has 26 heavy (non-hydrogen) atoms. The van der Waals surface area contributed by atoms with Crippen LogP contribution in [0.4, 0.5) is 5.69 Å². The first kappa shape index (κ1) is 17.6. The minimum atomic E-state index is -0.125. The van der Waals surface area contributed by atoms with Crippen molar-refractivity contribution in [2.24, 2.45) is 27.2 Å². The van der Waals surface area contributed by atoms with E-state index in [0.717, 1.165) is 21.8 Å². The van der Waals surface area contributed by atoms with Gasteiger partial charge in [-0.15, -0.1) is 11.3 Å². The average molecular weight is 364 g/mol. The second-order valence-electron chi connectivity index (χ2n) is 5.91. The summed E-state index contributed by atoms with van der Waals surface area (Å²) >= 11 is 1.59. The zero-order valence-electron chi connectivity index (χ0n) is 14.6. The summed E-state index contributed by atoms with van der Waals surface area (Å²) in [5.74, 6) is -0.113. The zero-order valence-corrected chi connectivity index (χ0v) is 15.4. The van der Waals surface area contributed by atoms with E-state index in [1.165, 1.54) is 11.1 Å². The average Bonchev–Trinajstić information content (AvgIpc) is 3.06. The van der Waals surface area contributed by atoms with Gasteiger partial charge in [0, 0.05) is 16.5 Å². The summed E-state index contributed by atoms with van der Waals surface area (Å²) in [5, 5.41) is 2.99. The molecule has 132 valence electrons. The van der Waals surface area contributed by atoms with Crippen molar-refractivity contribution in [1.29, 1.82) is 0 Å². The molecule has 0 aliphatic carbocycles. The van der Waals surface area contributed by atoms with Crippen LogP contribution in [0, 0.1) is 13.8 Å². The lowest BCUT2D eigenvalue weighted by Crippen LogP contribution is -2.26. The number of hydrogen-bond acceptors (Lipinski definition) is 3. The molecule has 0 aliphatic rings. The molecule has 0 saturated heterocycles. The Kier molecular flexibility index (Phi) is 4.99. The third-order valence-corrected chi connectivity index (χ3v) is 4.64. The van der Waals surface area contributed by atoms with Crippen molar-refractivity contribution < 1.29 is 0 Å². The SMILES string of the molecule is Cc1ccc(C)c(-c2csc(-c3cccc(N=C(N)N=C(N)N)c3)n2)c1. The van der Waals surface area contributed by atoms with Gasteiger partial charge in [0.2, 0.25) is 5.96 Å². The van der Waals surface area contributed by atoms with E-state index in [2.05, 4.69) is 47.4 Å². The van der Waals surface area contributed by atoms with Crippen LogP contribution in [0.5, 0.6) is 0 Å². The van der Waals surface area contributed by atoms with Crippen molar-refractivity contribution in [2.75, 3.05) is 0 Å². The first-order chi connectivity index (χ1) is 12.4. The first-order valence-electron chi connectivity index (χ1n) is 8.00. The van der Waals surface area contributed by atoms with Crippen LogP contribution in [-0.4, -0.2) is 16.9 Å². The number of nitrogens with zero attached hydrogens (tertiary/aromatic N) is 3. The highest BCUT2D eigenvalue weighted by Crippen LogP contribution is 2.32. The number of guanidine groups is 2. The molecule has 6 N–H and O–H groups in total. The fourth-order valence-electron chi connectivity index (χ4n) is 2.54. The fourth-order valence-corrected chi connectivity index (χ4v) is 3.36. The standard InChI is InChI=1S/C19H20N6S/c1-11-6-7-12(2)15(8-11)16-10-26-17(24-16)13-4-3-5-14(9-13)23-19(22)25-18(20)21/h3-10H,1-2H3,(H6,20,21,22,23,25). The molecule has 3 rings (SSSR count). The van der Waals surface area contributed by atoms with Gasteiger partial charge in [-0.2, -0.15) is 4.99 Å². The highest BCUT2D eigenvalue weighted by molar-refractivity contribution is 7.13. The normalized spacial score (nSPS) is 11.4. The number of aromatic nitrogens is 1. The van der Waals surface area contributed by atoms with Gasteiger partial charge in [0.05, 0.1) is 11.4 Å². The second kappa shape index (κ2) is 7.37. The van der Waals surface area contributed by atoms with Crippen LogP contribution in [0.1, 0.15) is 11.1 Å². The summed E-state index contributed by atoms with van der Waals surface area (Å²) in [7, 11) is 0. The third kappa shape index (κ3) is 4.07. The maximum Gasteiger partial charge on any atom is 0.223 e. The van der Waals surface area contributed by atoms with E-state index in [1.807, 2.05) is 24.3 Å². The fraction of sp³-hybridized carbons (Fsp3) is 0.105. The molecule has 0 bridgehead atoms. The molecule has 0 amide bonds. The Morgan fingerprint density at radius 2 is 1.85 bits per heavy atom. The molecule has 1 heterocycles. The predicted octanol–water partition coefficient (Wildman–Crippen LogP) is 3.31. The van der Waals surface area contributed by atoms with Crippen molar-refractivity contribution in [2.45, 2.75) is 13.8 Å². The number of thiazole rings is 1. The Morgan fingerprint density at radius 1 is 1.04 bits per heavy atom. The van der Waals surface area contributed by atoms with Crippen molar-refractivity contribution in [3.8, 4) is 21.8 Å². The van der Waals surface area contributed by atoms with Gasteiger partial charge in [-0.1, -0.05) is 29.8 Å². The molecule has 3 aromatic rings. The van der Waals surface area contributed by atoms with Gasteiger partial charge in [-0.05, 0) is 37.6 Å². The first-order valence-corrected chi connectivity index (χ1v) is 8.88. The van der Waals surface area contributed by atoms with Gasteiger partial charge in [-0.25, -0.2) is 9.98 Å².